The lowest BCUT2D eigenvalue weighted by Gasteiger charge is -2.38. The number of benzene rings is 2. The van der Waals surface area contributed by atoms with Crippen LogP contribution in [-0.2, 0) is 15.8 Å². The minimum absolute atomic E-state index is 0.0108. The standard InChI is InChI=1S/C20H16ClF4NO4/c1-4-16(27)19(2)18(28)26(3)14-6-5-11(9-15(14)30-19)29-17-12(21)7-10(8-13(17)22)20(23,24)25/h5-9H,4H2,1-3H3. The molecule has 0 saturated carbocycles. The second-order valence-corrected chi connectivity index (χ2v) is 7.18. The summed E-state index contributed by atoms with van der Waals surface area (Å²) in [6.07, 6.45) is -4.70. The van der Waals surface area contributed by atoms with Gasteiger partial charge in [0.05, 0.1) is 16.3 Å². The summed E-state index contributed by atoms with van der Waals surface area (Å²) >= 11 is 5.79. The number of alkyl halides is 3. The number of Topliss-reactive ketones (excluding diaryl/α,β-unsaturated/α-hetero) is 1. The predicted molar refractivity (Wildman–Crippen MR) is 101 cm³/mol. The predicted octanol–water partition coefficient (Wildman–Crippen LogP) is 5.38. The number of likely N-dealkylation sites (N-methyl/N-ethyl adjacent to an activating group) is 1. The van der Waals surface area contributed by atoms with E-state index in [1.165, 1.54) is 37.1 Å². The average molecular weight is 446 g/mol. The fraction of sp³-hybridized carbons (Fsp3) is 0.300. The molecule has 0 aromatic heterocycles. The highest BCUT2D eigenvalue weighted by Gasteiger charge is 2.48. The number of hydrogen-bond acceptors (Lipinski definition) is 4. The molecule has 5 nitrogen and oxygen atoms in total. The first-order chi connectivity index (χ1) is 13.9. The SMILES string of the molecule is CCC(=O)C1(C)Oc2cc(Oc3c(F)cc(C(F)(F)F)cc3Cl)ccc2N(C)C1=O. The van der Waals surface area contributed by atoms with Crippen molar-refractivity contribution in [3.05, 3.63) is 46.7 Å². The summed E-state index contributed by atoms with van der Waals surface area (Å²) in [4.78, 5) is 26.1. The smallest absolute Gasteiger partial charge is 0.416 e. The third-order valence-electron chi connectivity index (χ3n) is 4.72. The highest BCUT2D eigenvalue weighted by atomic mass is 35.5. The maximum absolute atomic E-state index is 14.2. The quantitative estimate of drug-likeness (QED) is 0.468. The van der Waals surface area contributed by atoms with E-state index >= 15 is 0 Å². The molecule has 1 atom stereocenters. The number of anilines is 1. The number of amides is 1. The Kier molecular flexibility index (Phi) is 5.44. The third-order valence-corrected chi connectivity index (χ3v) is 5.00. The van der Waals surface area contributed by atoms with Gasteiger partial charge in [-0.2, -0.15) is 13.2 Å². The van der Waals surface area contributed by atoms with E-state index in [0.29, 0.717) is 11.8 Å². The van der Waals surface area contributed by atoms with Gasteiger partial charge in [0.25, 0.3) is 5.91 Å². The number of nitrogens with zero attached hydrogens (tertiary/aromatic N) is 1. The van der Waals surface area contributed by atoms with Gasteiger partial charge >= 0.3 is 6.18 Å². The van der Waals surface area contributed by atoms with E-state index in [9.17, 15) is 27.2 Å². The van der Waals surface area contributed by atoms with Crippen molar-refractivity contribution in [2.24, 2.45) is 0 Å². The first-order valence-electron chi connectivity index (χ1n) is 8.77. The fourth-order valence-corrected chi connectivity index (χ4v) is 3.31. The van der Waals surface area contributed by atoms with Gasteiger partial charge in [-0.1, -0.05) is 18.5 Å². The molecule has 30 heavy (non-hydrogen) atoms. The molecule has 1 amide bonds. The molecular formula is C20H16ClF4NO4. The summed E-state index contributed by atoms with van der Waals surface area (Å²) in [5.41, 5.74) is -2.65. The van der Waals surface area contributed by atoms with Crippen LogP contribution in [0.25, 0.3) is 0 Å². The number of rotatable bonds is 4. The van der Waals surface area contributed by atoms with Crippen molar-refractivity contribution in [1.29, 1.82) is 0 Å². The summed E-state index contributed by atoms with van der Waals surface area (Å²) in [7, 11) is 1.47. The second kappa shape index (κ2) is 7.46. The maximum Gasteiger partial charge on any atom is 0.416 e. The van der Waals surface area contributed by atoms with E-state index in [2.05, 4.69) is 0 Å². The maximum atomic E-state index is 14.2. The lowest BCUT2D eigenvalue weighted by Crippen LogP contribution is -2.57. The van der Waals surface area contributed by atoms with Crippen molar-refractivity contribution in [3.63, 3.8) is 0 Å². The van der Waals surface area contributed by atoms with Crippen LogP contribution >= 0.6 is 11.6 Å². The molecule has 0 saturated heterocycles. The van der Waals surface area contributed by atoms with E-state index in [1.807, 2.05) is 0 Å². The summed E-state index contributed by atoms with van der Waals surface area (Å²) in [6, 6.07) is 4.93. The normalized spacial score (nSPS) is 18.7. The lowest BCUT2D eigenvalue weighted by molar-refractivity contribution is -0.146. The highest BCUT2D eigenvalue weighted by molar-refractivity contribution is 6.32. The zero-order chi connectivity index (χ0) is 22.4. The lowest BCUT2D eigenvalue weighted by atomic mass is 9.94. The van der Waals surface area contributed by atoms with E-state index in [4.69, 9.17) is 21.1 Å². The van der Waals surface area contributed by atoms with Crippen LogP contribution in [0, 0.1) is 5.82 Å². The first kappa shape index (κ1) is 21.9. The summed E-state index contributed by atoms with van der Waals surface area (Å²) in [5, 5.41) is -0.570. The molecule has 160 valence electrons. The molecule has 0 N–H and O–H groups in total. The Hall–Kier alpha value is -2.81. The average Bonchev–Trinajstić information content (AvgIpc) is 2.67. The molecule has 3 rings (SSSR count). The number of hydrogen-bond donors (Lipinski definition) is 0. The van der Waals surface area contributed by atoms with Gasteiger partial charge in [-0.25, -0.2) is 4.39 Å². The van der Waals surface area contributed by atoms with E-state index in [1.54, 1.807) is 6.92 Å². The highest BCUT2D eigenvalue weighted by Crippen LogP contribution is 2.43. The van der Waals surface area contributed by atoms with Crippen LogP contribution < -0.4 is 14.4 Å². The molecule has 0 aliphatic carbocycles. The number of fused-ring (bicyclic) bond motifs is 1. The van der Waals surface area contributed by atoms with Crippen molar-refractivity contribution in [2.45, 2.75) is 32.0 Å². The van der Waals surface area contributed by atoms with Crippen LogP contribution in [0.5, 0.6) is 17.2 Å². The van der Waals surface area contributed by atoms with E-state index < -0.39 is 45.6 Å². The van der Waals surface area contributed by atoms with Gasteiger partial charge in [0.15, 0.2) is 17.3 Å². The Labute approximate surface area is 174 Å². The molecule has 2 aromatic carbocycles. The van der Waals surface area contributed by atoms with Gasteiger partial charge in [0.2, 0.25) is 5.60 Å². The van der Waals surface area contributed by atoms with Gasteiger partial charge < -0.3 is 14.4 Å². The minimum atomic E-state index is -4.77. The molecule has 1 unspecified atom stereocenters. The zero-order valence-corrected chi connectivity index (χ0v) is 16.8. The molecule has 0 bridgehead atoms. The number of ether oxygens (including phenoxy) is 2. The fourth-order valence-electron chi connectivity index (χ4n) is 3.06. The van der Waals surface area contributed by atoms with Crippen molar-refractivity contribution in [2.75, 3.05) is 11.9 Å². The topological polar surface area (TPSA) is 55.8 Å². The molecule has 1 aliphatic heterocycles. The van der Waals surface area contributed by atoms with Crippen LogP contribution in [0.4, 0.5) is 23.2 Å². The van der Waals surface area contributed by atoms with Crippen molar-refractivity contribution in [1.82, 2.24) is 0 Å². The first-order valence-corrected chi connectivity index (χ1v) is 9.15. The summed E-state index contributed by atoms with van der Waals surface area (Å²) in [6.45, 7) is 2.94. The number of carbonyl (C=O) groups is 2. The Bertz CT molecular complexity index is 1020. The Morgan fingerprint density at radius 1 is 1.27 bits per heavy atom. The molecule has 0 spiro atoms. The molecule has 10 heteroatoms. The molecule has 1 heterocycles. The van der Waals surface area contributed by atoms with Crippen molar-refractivity contribution < 1.29 is 36.6 Å². The van der Waals surface area contributed by atoms with Gasteiger partial charge in [0.1, 0.15) is 11.5 Å². The van der Waals surface area contributed by atoms with E-state index in [0.717, 1.165) is 0 Å². The monoisotopic (exact) mass is 445 g/mol. The van der Waals surface area contributed by atoms with Crippen LogP contribution in [0.1, 0.15) is 25.8 Å². The Morgan fingerprint density at radius 3 is 2.50 bits per heavy atom. The third kappa shape index (κ3) is 3.69. The zero-order valence-electron chi connectivity index (χ0n) is 16.1. The molecule has 0 radical (unpaired) electrons. The number of halogens is 5. The second-order valence-electron chi connectivity index (χ2n) is 6.77. The van der Waals surface area contributed by atoms with E-state index in [-0.39, 0.29) is 24.0 Å². The number of ketones is 1. The molecule has 1 aliphatic rings. The minimum Gasteiger partial charge on any atom is -0.467 e. The van der Waals surface area contributed by atoms with Gasteiger partial charge in [-0.3, -0.25) is 9.59 Å². The molecule has 0 fully saturated rings. The number of carbonyl (C=O) groups excluding carboxylic acids is 2. The Balaban J connectivity index is 1.98. The summed E-state index contributed by atoms with van der Waals surface area (Å²) in [5.74, 6) is -2.78. The van der Waals surface area contributed by atoms with Gasteiger partial charge in [-0.05, 0) is 31.2 Å². The molecular weight excluding hydrogens is 430 g/mol. The van der Waals surface area contributed by atoms with Crippen LogP contribution in [0.15, 0.2) is 30.3 Å². The summed E-state index contributed by atoms with van der Waals surface area (Å²) < 4.78 is 63.6. The Morgan fingerprint density at radius 2 is 1.93 bits per heavy atom. The van der Waals surface area contributed by atoms with Crippen LogP contribution in [0.3, 0.4) is 0 Å². The van der Waals surface area contributed by atoms with Crippen LogP contribution in [-0.4, -0.2) is 24.3 Å². The largest absolute Gasteiger partial charge is 0.467 e. The van der Waals surface area contributed by atoms with Crippen LogP contribution in [0.2, 0.25) is 5.02 Å². The van der Waals surface area contributed by atoms with Gasteiger partial charge in [0, 0.05) is 19.5 Å². The van der Waals surface area contributed by atoms with Crippen molar-refractivity contribution in [3.8, 4) is 17.2 Å². The van der Waals surface area contributed by atoms with Crippen molar-refractivity contribution >= 4 is 29.0 Å². The van der Waals surface area contributed by atoms with Gasteiger partial charge in [-0.15, -0.1) is 0 Å². The molecule has 2 aromatic rings.